The molecule has 0 aromatic heterocycles. The maximum atomic E-state index is 8.55. The summed E-state index contributed by atoms with van der Waals surface area (Å²) in [5, 5.41) is 0. The molecule has 0 aromatic carbocycles. The van der Waals surface area contributed by atoms with Crippen LogP contribution in [-0.2, 0) is 4.57 Å². The van der Waals surface area contributed by atoms with Gasteiger partial charge in [-0.1, -0.05) is 0 Å². The van der Waals surface area contributed by atoms with Gasteiger partial charge in [0.25, 0.3) is 0 Å². The van der Waals surface area contributed by atoms with Gasteiger partial charge in [-0.05, 0) is 0 Å². The van der Waals surface area contributed by atoms with E-state index in [4.69, 9.17) is 19.2 Å². The molecule has 0 amide bonds. The average molecular weight is 200 g/mol. The Morgan fingerprint density at radius 3 is 0.800 bits per heavy atom. The average Bonchev–Trinajstić information content (AvgIpc) is 0.722. The van der Waals surface area contributed by atoms with Crippen molar-refractivity contribution in [3.05, 3.63) is 0 Å². The van der Waals surface area contributed by atoms with Crippen molar-refractivity contribution in [3.8, 4) is 0 Å². The van der Waals surface area contributed by atoms with Crippen molar-refractivity contribution in [1.29, 1.82) is 0 Å². The predicted molar refractivity (Wildman–Crippen MR) is 24.9 cm³/mol. The Kier molecular flexibility index (Phi) is 72.5. The van der Waals surface area contributed by atoms with Crippen LogP contribution < -0.4 is 14.7 Å². The van der Waals surface area contributed by atoms with Gasteiger partial charge < -0.3 is 35.7 Å². The molecule has 0 bridgehead atoms. The smallest absolute Gasteiger partial charge is 0.870 e. The number of rotatable bonds is 0. The predicted octanol–water partition coefficient (Wildman–Crippen LogP) is -4.12. The van der Waals surface area contributed by atoms with E-state index in [9.17, 15) is 0 Å². The van der Waals surface area contributed by atoms with Gasteiger partial charge in [-0.2, -0.15) is 7.82 Å². The zero-order valence-electron chi connectivity index (χ0n) is 4.58. The van der Waals surface area contributed by atoms with Crippen molar-refractivity contribution < 1.29 is 35.7 Å². The third-order valence-corrected chi connectivity index (χ3v) is 0. The molecule has 7 nitrogen and oxygen atoms in total. The minimum Gasteiger partial charge on any atom is -0.870 e. The number of phosphoric acid groups is 1. The van der Waals surface area contributed by atoms with Crippen LogP contribution >= 0.6 is 7.82 Å². The number of hydrogen-bond acceptors (Lipinski definition) is 7. The van der Waals surface area contributed by atoms with Gasteiger partial charge in [0.05, 0.1) is 0 Å². The summed E-state index contributed by atoms with van der Waals surface area (Å²) in [6, 6.07) is 0. The SMILES string of the molecule is O=P([O-])([O-])[O-].[Al+3].[Al+3].[OH-].[OH-].[OH-]. The van der Waals surface area contributed by atoms with Gasteiger partial charge in [0.15, 0.2) is 0 Å². The Morgan fingerprint density at radius 1 is 0.800 bits per heavy atom. The van der Waals surface area contributed by atoms with Gasteiger partial charge >= 0.3 is 34.7 Å². The zero-order chi connectivity index (χ0) is 4.50. The van der Waals surface area contributed by atoms with Crippen LogP contribution in [0.3, 0.4) is 0 Å². The van der Waals surface area contributed by atoms with Crippen LogP contribution in [0.25, 0.3) is 0 Å². The molecule has 0 saturated heterocycles. The molecule has 0 spiro atoms. The van der Waals surface area contributed by atoms with Crippen LogP contribution in [0.2, 0.25) is 0 Å². The first-order chi connectivity index (χ1) is 2.00. The second kappa shape index (κ2) is 16.6. The fourth-order valence-electron chi connectivity index (χ4n) is 0. The molecular weight excluding hydrogens is 197 g/mol. The molecule has 56 valence electrons. The van der Waals surface area contributed by atoms with E-state index in [1.165, 1.54) is 0 Å². The van der Waals surface area contributed by atoms with E-state index < -0.39 is 7.82 Å². The molecule has 0 atom stereocenters. The van der Waals surface area contributed by atoms with E-state index >= 15 is 0 Å². The maximum Gasteiger partial charge on any atom is 3.00 e. The van der Waals surface area contributed by atoms with Crippen LogP contribution in [0.5, 0.6) is 0 Å². The van der Waals surface area contributed by atoms with E-state index in [1.54, 1.807) is 0 Å². The molecule has 0 fully saturated rings. The largest absolute Gasteiger partial charge is 3.00 e. The minimum absolute atomic E-state index is 0. The van der Waals surface area contributed by atoms with Gasteiger partial charge in [0.1, 0.15) is 0 Å². The van der Waals surface area contributed by atoms with Crippen LogP contribution in [0.1, 0.15) is 0 Å². The van der Waals surface area contributed by atoms with Gasteiger partial charge in [-0.3, -0.25) is 0 Å². The fraction of sp³-hybridized carbons (Fsp3) is 0. The Bertz CT molecular complexity index is 57.7. The van der Waals surface area contributed by atoms with E-state index in [0.29, 0.717) is 0 Å². The van der Waals surface area contributed by atoms with Crippen LogP contribution in [0.4, 0.5) is 0 Å². The Labute approximate surface area is 78.5 Å². The minimum atomic E-state index is -5.39. The summed E-state index contributed by atoms with van der Waals surface area (Å²) in [4.78, 5) is 25.6. The molecule has 0 heterocycles. The summed E-state index contributed by atoms with van der Waals surface area (Å²) in [5.74, 6) is 0. The zero-order valence-corrected chi connectivity index (χ0v) is 7.78. The van der Waals surface area contributed by atoms with Gasteiger partial charge in [0, 0.05) is 0 Å². The standard InChI is InChI=1S/2Al.H3O4P.3H2O/c;;1-5(2,3)4;;;/h;;(H3,1,2,3,4);3*1H2/q2*+3;;;;/p-6. The summed E-state index contributed by atoms with van der Waals surface area (Å²) >= 11 is 0. The third-order valence-electron chi connectivity index (χ3n) is 0. The number of hydrogen-bond donors (Lipinski definition) is 0. The molecule has 10 heavy (non-hydrogen) atoms. The quantitative estimate of drug-likeness (QED) is 0.281. The first kappa shape index (κ1) is 43.7. The summed E-state index contributed by atoms with van der Waals surface area (Å²) in [5.41, 5.74) is 0. The molecule has 0 saturated carbocycles. The van der Waals surface area contributed by atoms with Crippen molar-refractivity contribution in [1.82, 2.24) is 0 Å². The van der Waals surface area contributed by atoms with Gasteiger partial charge in [0.2, 0.25) is 0 Å². The van der Waals surface area contributed by atoms with Gasteiger partial charge in [-0.15, -0.1) is 0 Å². The van der Waals surface area contributed by atoms with E-state index in [-0.39, 0.29) is 51.2 Å². The summed E-state index contributed by atoms with van der Waals surface area (Å²) in [6.45, 7) is 0. The van der Waals surface area contributed by atoms with E-state index in [1.807, 2.05) is 0 Å². The Hall–Kier alpha value is 1.05. The summed E-state index contributed by atoms with van der Waals surface area (Å²) in [7, 11) is -5.39. The summed E-state index contributed by atoms with van der Waals surface area (Å²) in [6.07, 6.45) is 0. The van der Waals surface area contributed by atoms with Crippen molar-refractivity contribution in [2.45, 2.75) is 0 Å². The second-order valence-electron chi connectivity index (χ2n) is 0.447. The molecule has 10 heteroatoms. The summed E-state index contributed by atoms with van der Waals surface area (Å²) < 4.78 is 8.55. The second-order valence-corrected chi connectivity index (χ2v) is 1.34. The van der Waals surface area contributed by atoms with Crippen molar-refractivity contribution in [2.24, 2.45) is 0 Å². The fourth-order valence-corrected chi connectivity index (χ4v) is 0. The Morgan fingerprint density at radius 2 is 0.800 bits per heavy atom. The van der Waals surface area contributed by atoms with E-state index in [2.05, 4.69) is 0 Å². The van der Waals surface area contributed by atoms with Crippen molar-refractivity contribution in [3.63, 3.8) is 0 Å². The molecule has 0 radical (unpaired) electrons. The molecule has 0 aliphatic heterocycles. The molecule has 3 N–H and O–H groups in total. The van der Waals surface area contributed by atoms with Crippen LogP contribution in [-0.4, -0.2) is 51.2 Å². The van der Waals surface area contributed by atoms with Crippen LogP contribution in [0.15, 0.2) is 0 Å². The van der Waals surface area contributed by atoms with Gasteiger partial charge in [-0.25, -0.2) is 0 Å². The van der Waals surface area contributed by atoms with E-state index in [0.717, 1.165) is 0 Å². The molecule has 0 rings (SSSR count). The molecule has 0 aliphatic rings. The molecular formula is H3Al2O7P. The van der Waals surface area contributed by atoms with Crippen LogP contribution in [0, 0.1) is 0 Å². The Balaban J connectivity index is -0.00000000800. The first-order valence-electron chi connectivity index (χ1n) is 0.730. The maximum absolute atomic E-state index is 8.55. The van der Waals surface area contributed by atoms with Crippen molar-refractivity contribution >= 4 is 42.5 Å². The molecule has 0 aliphatic carbocycles. The molecule has 0 unspecified atom stereocenters. The monoisotopic (exact) mass is 200 g/mol. The third kappa shape index (κ3) is 528. The topological polar surface area (TPSA) is 176 Å². The normalized spacial score (nSPS) is 5.90. The molecule has 0 aromatic rings. The first-order valence-corrected chi connectivity index (χ1v) is 2.19. The van der Waals surface area contributed by atoms with Crippen molar-refractivity contribution in [2.75, 3.05) is 0 Å².